The van der Waals surface area contributed by atoms with Crippen LogP contribution in [0.1, 0.15) is 0 Å². The van der Waals surface area contributed by atoms with E-state index in [-0.39, 0.29) is 0 Å². The largest absolute Gasteiger partial charge is 0.377 e. The van der Waals surface area contributed by atoms with Crippen molar-refractivity contribution in [3.8, 4) is 0 Å². The quantitative estimate of drug-likeness (QED) is 0.321. The summed E-state index contributed by atoms with van der Waals surface area (Å²) in [5.74, 6) is 0. The molecule has 0 atom stereocenters. The Hall–Kier alpha value is -1.75. The SMILES string of the molecule is [76Br]CCOCC[P+](c1ccccc1)(c1ccncn1)c1ccncn1. The summed E-state index contributed by atoms with van der Waals surface area (Å²) in [5, 5.41) is 2.06. The first-order chi connectivity index (χ1) is 12.4. The molecule has 2 aromatic heterocycles. The highest BCUT2D eigenvalue weighted by Gasteiger charge is 2.48. The lowest BCUT2D eigenvalue weighted by Crippen LogP contribution is -2.37. The molecule has 0 aliphatic rings. The van der Waals surface area contributed by atoms with Gasteiger partial charge in [-0.25, -0.2) is 19.9 Å². The minimum absolute atomic E-state index is 0.641. The lowest BCUT2D eigenvalue weighted by atomic mass is 10.4. The van der Waals surface area contributed by atoms with Gasteiger partial charge in [0.05, 0.1) is 13.2 Å². The van der Waals surface area contributed by atoms with E-state index in [1.165, 1.54) is 5.30 Å². The molecule has 0 saturated carbocycles. The molecule has 0 unspecified atom stereocenters. The monoisotopic (exact) mass is 414 g/mol. The molecule has 0 spiro atoms. The Morgan fingerprint density at radius 3 is 2.00 bits per heavy atom. The Labute approximate surface area is 156 Å². The number of alkyl halides is 1. The molecule has 3 rings (SSSR count). The van der Waals surface area contributed by atoms with Crippen molar-refractivity contribution in [1.29, 1.82) is 0 Å². The summed E-state index contributed by atoms with van der Waals surface area (Å²) in [6, 6.07) is 14.4. The third kappa shape index (κ3) is 4.09. The molecule has 128 valence electrons. The average molecular weight is 414 g/mol. The van der Waals surface area contributed by atoms with Crippen molar-refractivity contribution in [2.24, 2.45) is 0 Å². The molecule has 25 heavy (non-hydrogen) atoms. The van der Waals surface area contributed by atoms with Gasteiger partial charge in [0, 0.05) is 29.9 Å². The molecule has 5 nitrogen and oxygen atoms in total. The Morgan fingerprint density at radius 1 is 0.840 bits per heavy atom. The summed E-state index contributed by atoms with van der Waals surface area (Å²) in [6.07, 6.45) is 7.63. The Balaban J connectivity index is 2.13. The second kappa shape index (κ2) is 9.09. The summed E-state index contributed by atoms with van der Waals surface area (Å²) in [4.78, 5) is 17.4. The van der Waals surface area contributed by atoms with E-state index in [0.29, 0.717) is 13.2 Å². The van der Waals surface area contributed by atoms with Gasteiger partial charge in [-0.3, -0.25) is 0 Å². The van der Waals surface area contributed by atoms with Crippen molar-refractivity contribution < 1.29 is 4.74 Å². The van der Waals surface area contributed by atoms with Gasteiger partial charge in [-0.2, -0.15) is 0 Å². The highest BCUT2D eigenvalue weighted by atomic mass is 75.9. The van der Waals surface area contributed by atoms with Crippen molar-refractivity contribution in [3.05, 3.63) is 67.5 Å². The van der Waals surface area contributed by atoms with Gasteiger partial charge in [0.25, 0.3) is 0 Å². The Morgan fingerprint density at radius 2 is 1.48 bits per heavy atom. The van der Waals surface area contributed by atoms with Gasteiger partial charge < -0.3 is 4.74 Å². The molecule has 1 aromatic carbocycles. The van der Waals surface area contributed by atoms with Gasteiger partial charge in [-0.1, -0.05) is 34.1 Å². The van der Waals surface area contributed by atoms with Crippen LogP contribution in [0.15, 0.2) is 67.5 Å². The van der Waals surface area contributed by atoms with Crippen LogP contribution in [-0.4, -0.2) is 44.6 Å². The Kier molecular flexibility index (Phi) is 6.56. The molecule has 0 aliphatic heterocycles. The van der Waals surface area contributed by atoms with Gasteiger partial charge in [0.1, 0.15) is 24.1 Å². The molecule has 2 heterocycles. The number of benzene rings is 1. The number of ether oxygens (including phenoxy) is 1. The number of hydrogen-bond acceptors (Lipinski definition) is 5. The molecule has 0 fully saturated rings. The maximum Gasteiger partial charge on any atom is 0.197 e. The van der Waals surface area contributed by atoms with E-state index >= 15 is 0 Å². The summed E-state index contributed by atoms with van der Waals surface area (Å²) in [6.45, 7) is 1.32. The summed E-state index contributed by atoms with van der Waals surface area (Å²) < 4.78 is 5.80. The first kappa shape index (κ1) is 18.1. The Bertz CT molecular complexity index is 665. The highest BCUT2D eigenvalue weighted by Crippen LogP contribution is 2.53. The van der Waals surface area contributed by atoms with Crippen molar-refractivity contribution in [2.75, 3.05) is 24.7 Å². The van der Waals surface area contributed by atoms with E-state index in [4.69, 9.17) is 4.74 Å². The molecule has 0 bridgehead atoms. The van der Waals surface area contributed by atoms with Crippen molar-refractivity contribution in [1.82, 2.24) is 19.9 Å². The number of nitrogens with zero attached hydrogens (tertiary/aromatic N) is 4. The number of hydrogen-bond donors (Lipinski definition) is 0. The minimum atomic E-state index is -2.04. The van der Waals surface area contributed by atoms with Crippen LogP contribution in [-0.2, 0) is 4.74 Å². The van der Waals surface area contributed by atoms with E-state index in [0.717, 1.165) is 22.4 Å². The summed E-state index contributed by atoms with van der Waals surface area (Å²) in [5.41, 5.74) is 2.02. The van der Waals surface area contributed by atoms with Gasteiger partial charge in [-0.15, -0.1) is 0 Å². The second-order valence-corrected chi connectivity index (χ2v) is 9.60. The van der Waals surface area contributed by atoms with Crippen LogP contribution in [0.3, 0.4) is 0 Å². The van der Waals surface area contributed by atoms with Crippen LogP contribution < -0.4 is 16.2 Å². The van der Waals surface area contributed by atoms with Crippen molar-refractivity contribution >= 4 is 39.4 Å². The first-order valence-electron chi connectivity index (χ1n) is 7.98. The van der Waals surface area contributed by atoms with Gasteiger partial charge in [0.15, 0.2) is 18.1 Å². The van der Waals surface area contributed by atoms with Gasteiger partial charge in [0.2, 0.25) is 0 Å². The molecule has 0 radical (unpaired) electrons. The van der Waals surface area contributed by atoms with Crippen molar-refractivity contribution in [2.45, 2.75) is 0 Å². The van der Waals surface area contributed by atoms with E-state index in [9.17, 15) is 0 Å². The lowest BCUT2D eigenvalue weighted by molar-refractivity contribution is 0.167. The van der Waals surface area contributed by atoms with Crippen LogP contribution in [0.5, 0.6) is 0 Å². The van der Waals surface area contributed by atoms with E-state index < -0.39 is 7.26 Å². The van der Waals surface area contributed by atoms with Gasteiger partial charge in [-0.05, 0) is 12.1 Å². The number of aromatic nitrogens is 4. The zero-order valence-corrected chi connectivity index (χ0v) is 16.2. The van der Waals surface area contributed by atoms with Crippen LogP contribution in [0.4, 0.5) is 0 Å². The molecule has 3 aromatic rings. The standard InChI is InChI=1S/C18H19BrN4OP/c19-8-11-24-12-13-25(16-4-2-1-3-5-16,17-6-9-20-14-22-17)18-7-10-21-15-23-18/h1-7,9-10,14-15H,8,11-13H2/q+1/i19-4. The maximum absolute atomic E-state index is 5.80. The summed E-state index contributed by atoms with van der Waals surface area (Å²) >= 11 is 3.41. The van der Waals surface area contributed by atoms with E-state index in [1.54, 1.807) is 25.0 Å². The first-order valence-corrected chi connectivity index (χ1v) is 11.1. The van der Waals surface area contributed by atoms with Crippen molar-refractivity contribution in [3.63, 3.8) is 0 Å². The fourth-order valence-electron chi connectivity index (χ4n) is 2.80. The predicted molar refractivity (Wildman–Crippen MR) is 106 cm³/mol. The predicted octanol–water partition coefficient (Wildman–Crippen LogP) is 1.97. The molecule has 0 aliphatic carbocycles. The molecule has 7 heteroatoms. The molecular formula is C18H19BrN4OP+. The lowest BCUT2D eigenvalue weighted by Gasteiger charge is -2.24. The maximum atomic E-state index is 5.80. The smallest absolute Gasteiger partial charge is 0.197 e. The third-order valence-electron chi connectivity index (χ3n) is 3.90. The van der Waals surface area contributed by atoms with Gasteiger partial charge >= 0.3 is 0 Å². The number of rotatable bonds is 8. The van der Waals surface area contributed by atoms with Crippen LogP contribution in [0.25, 0.3) is 0 Å². The van der Waals surface area contributed by atoms with Crippen LogP contribution in [0, 0.1) is 0 Å². The zero-order valence-electron chi connectivity index (χ0n) is 13.7. The average Bonchev–Trinajstić information content (AvgIpc) is 2.70. The fourth-order valence-corrected chi connectivity index (χ4v) is 6.73. The fraction of sp³-hybridized carbons (Fsp3) is 0.222. The molecule has 0 amide bonds. The van der Waals surface area contributed by atoms with E-state index in [1.807, 2.05) is 18.2 Å². The van der Waals surface area contributed by atoms with Crippen LogP contribution in [0.2, 0.25) is 0 Å². The normalized spacial score (nSPS) is 11.4. The zero-order chi connectivity index (χ0) is 17.4. The highest BCUT2D eigenvalue weighted by molar-refractivity contribution is 9.09. The topological polar surface area (TPSA) is 60.8 Å². The number of halogens is 1. The molecule has 0 saturated heterocycles. The minimum Gasteiger partial charge on any atom is -0.377 e. The van der Waals surface area contributed by atoms with E-state index in [2.05, 4.69) is 60.1 Å². The summed E-state index contributed by atoms with van der Waals surface area (Å²) in [7, 11) is -2.04. The third-order valence-corrected chi connectivity index (χ3v) is 8.35. The second-order valence-electron chi connectivity index (χ2n) is 5.31. The van der Waals surface area contributed by atoms with Crippen LogP contribution >= 0.6 is 23.2 Å². The molecular weight excluding hydrogens is 395 g/mol. The molecule has 0 N–H and O–H groups in total.